The number of hydrogen-bond donors (Lipinski definition) is 1. The first-order valence-electron chi connectivity index (χ1n) is 8.65. The van der Waals surface area contributed by atoms with Crippen LogP contribution < -0.4 is 9.64 Å². The first-order valence-corrected chi connectivity index (χ1v) is 10.6. The Hall–Kier alpha value is -2.61. The molecule has 6 nitrogen and oxygen atoms in total. The topological polar surface area (TPSA) is 79.7 Å². The molecule has 1 aliphatic rings. The van der Waals surface area contributed by atoms with Gasteiger partial charge in [0.2, 0.25) is 0 Å². The van der Waals surface area contributed by atoms with Crippen LogP contribution in [0, 0.1) is 0 Å². The molecule has 0 amide bonds. The molecular weight excluding hydrogens is 400 g/mol. The first-order chi connectivity index (χ1) is 13.4. The third-order valence-corrected chi connectivity index (χ3v) is 5.47. The highest BCUT2D eigenvalue weighted by molar-refractivity contribution is 7.85. The van der Waals surface area contributed by atoms with Crippen LogP contribution in [0.3, 0.4) is 0 Å². The number of hydrogen-bond acceptors (Lipinski definition) is 5. The van der Waals surface area contributed by atoms with E-state index in [9.17, 15) is 13.0 Å². The van der Waals surface area contributed by atoms with Gasteiger partial charge in [-0.25, -0.2) is 4.98 Å². The molecule has 2 heterocycles. The third-order valence-electron chi connectivity index (χ3n) is 4.51. The lowest BCUT2D eigenvalue weighted by molar-refractivity contribution is 0.460. The Labute approximate surface area is 168 Å². The van der Waals surface area contributed by atoms with Crippen molar-refractivity contribution >= 4 is 33.1 Å². The van der Waals surface area contributed by atoms with Gasteiger partial charge in [-0.2, -0.15) is 8.42 Å². The molecule has 0 fully saturated rings. The van der Waals surface area contributed by atoms with E-state index in [1.165, 1.54) is 0 Å². The second-order valence-corrected chi connectivity index (χ2v) is 8.34. The van der Waals surface area contributed by atoms with Crippen LogP contribution in [0.2, 0.25) is 5.15 Å². The van der Waals surface area contributed by atoms with Crippen molar-refractivity contribution in [2.45, 2.75) is 12.5 Å². The summed E-state index contributed by atoms with van der Waals surface area (Å²) in [5.74, 6) is 0.897. The Morgan fingerprint density at radius 2 is 1.57 bits per heavy atom. The van der Waals surface area contributed by atoms with E-state index in [0.717, 1.165) is 11.4 Å². The van der Waals surface area contributed by atoms with Gasteiger partial charge in [0.25, 0.3) is 10.1 Å². The largest absolute Gasteiger partial charge is 0.453 e. The van der Waals surface area contributed by atoms with Gasteiger partial charge >= 0.3 is 0 Å². The van der Waals surface area contributed by atoms with Crippen LogP contribution in [0.15, 0.2) is 66.7 Å². The molecule has 0 aliphatic carbocycles. The van der Waals surface area contributed by atoms with Crippen molar-refractivity contribution in [3.63, 3.8) is 0 Å². The summed E-state index contributed by atoms with van der Waals surface area (Å²) >= 11 is 6.10. The van der Waals surface area contributed by atoms with Crippen LogP contribution in [-0.4, -0.2) is 23.7 Å². The molecule has 1 aromatic heterocycles. The summed E-state index contributed by atoms with van der Waals surface area (Å²) < 4.78 is 38.3. The predicted molar refractivity (Wildman–Crippen MR) is 108 cm³/mol. The minimum atomic E-state index is -4.15. The van der Waals surface area contributed by atoms with Gasteiger partial charge in [0.15, 0.2) is 11.5 Å². The van der Waals surface area contributed by atoms with Crippen LogP contribution in [0.4, 0.5) is 11.4 Å². The van der Waals surface area contributed by atoms with Crippen molar-refractivity contribution < 1.29 is 17.7 Å². The fourth-order valence-corrected chi connectivity index (χ4v) is 4.04. The van der Waals surface area contributed by atoms with E-state index in [4.69, 9.17) is 16.3 Å². The summed E-state index contributed by atoms with van der Waals surface area (Å²) in [6, 6.07) is 19.7. The van der Waals surface area contributed by atoms with Gasteiger partial charge < -0.3 is 9.64 Å². The lowest BCUT2D eigenvalue weighted by Crippen LogP contribution is -2.29. The zero-order valence-corrected chi connectivity index (χ0v) is 16.3. The summed E-state index contributed by atoms with van der Waals surface area (Å²) in [5, 5.41) is 0.309. The number of halogens is 1. The Morgan fingerprint density at radius 3 is 2.14 bits per heavy atom. The number of benzene rings is 2. The van der Waals surface area contributed by atoms with E-state index in [1.54, 1.807) is 18.2 Å². The summed E-state index contributed by atoms with van der Waals surface area (Å²) in [4.78, 5) is 6.39. The number of anilines is 2. The zero-order valence-electron chi connectivity index (χ0n) is 14.7. The molecule has 1 aliphatic heterocycles. The van der Waals surface area contributed by atoms with Gasteiger partial charge in [-0.05, 0) is 42.8 Å². The Balaban J connectivity index is 1.88. The maximum absolute atomic E-state index is 11.5. The Bertz CT molecular complexity index is 1070. The molecule has 0 bridgehead atoms. The van der Waals surface area contributed by atoms with Crippen molar-refractivity contribution in [3.05, 3.63) is 77.6 Å². The van der Waals surface area contributed by atoms with E-state index >= 15 is 0 Å². The molecular formula is C20H17ClN2O4S. The smallest absolute Gasteiger partial charge is 0.264 e. The number of fused-ring (bicyclic) bond motifs is 2. The number of ether oxygens (including phenoxy) is 1. The molecule has 2 aromatic carbocycles. The fourth-order valence-electron chi connectivity index (χ4n) is 3.35. The van der Waals surface area contributed by atoms with Crippen molar-refractivity contribution in [2.24, 2.45) is 0 Å². The van der Waals surface area contributed by atoms with Gasteiger partial charge in [0.1, 0.15) is 5.15 Å². The fraction of sp³-hybridized carbons (Fsp3) is 0.150. The van der Waals surface area contributed by atoms with Crippen molar-refractivity contribution in [3.8, 4) is 11.5 Å². The molecule has 1 atom stereocenters. The molecule has 1 N–H and O–H groups in total. The van der Waals surface area contributed by atoms with Crippen molar-refractivity contribution in [1.82, 2.24) is 4.98 Å². The number of pyridine rings is 1. The standard InChI is InChI=1S/C20H17ClN2O4S/c21-20-11-5-6-14(22-20)15(12-13-28(24,25)26)23-16-7-1-3-9-18(16)27-19-10-4-2-8-17(19)23/h1-11,15H,12-13H2,(H,24,25,26). The molecule has 0 saturated heterocycles. The molecule has 0 radical (unpaired) electrons. The third kappa shape index (κ3) is 3.82. The van der Waals surface area contributed by atoms with Crippen LogP contribution in [0.25, 0.3) is 0 Å². The molecule has 3 aromatic rings. The van der Waals surface area contributed by atoms with Crippen molar-refractivity contribution in [2.75, 3.05) is 10.7 Å². The summed E-state index contributed by atoms with van der Waals surface area (Å²) in [6.45, 7) is 0. The summed E-state index contributed by atoms with van der Waals surface area (Å²) in [5.41, 5.74) is 2.16. The second-order valence-electron chi connectivity index (χ2n) is 6.38. The molecule has 1 unspecified atom stereocenters. The van der Waals surface area contributed by atoms with Crippen LogP contribution in [0.1, 0.15) is 18.2 Å². The highest BCUT2D eigenvalue weighted by Crippen LogP contribution is 2.50. The summed E-state index contributed by atoms with van der Waals surface area (Å²) in [7, 11) is -4.15. The van der Waals surface area contributed by atoms with E-state index in [2.05, 4.69) is 4.98 Å². The van der Waals surface area contributed by atoms with Crippen LogP contribution in [-0.2, 0) is 10.1 Å². The number of nitrogens with zero attached hydrogens (tertiary/aromatic N) is 2. The molecule has 0 saturated carbocycles. The number of aromatic nitrogens is 1. The molecule has 28 heavy (non-hydrogen) atoms. The lowest BCUT2D eigenvalue weighted by Gasteiger charge is -2.38. The minimum absolute atomic E-state index is 0.120. The lowest BCUT2D eigenvalue weighted by atomic mass is 10.0. The van der Waals surface area contributed by atoms with Gasteiger partial charge in [-0.3, -0.25) is 4.55 Å². The normalized spacial score (nSPS) is 14.0. The van der Waals surface area contributed by atoms with Gasteiger partial charge in [-0.15, -0.1) is 0 Å². The van der Waals surface area contributed by atoms with Gasteiger partial charge in [0.05, 0.1) is 28.9 Å². The Morgan fingerprint density at radius 1 is 0.964 bits per heavy atom. The Kier molecular flexibility index (Phi) is 4.97. The van der Waals surface area contributed by atoms with Gasteiger partial charge in [0, 0.05) is 0 Å². The highest BCUT2D eigenvalue weighted by Gasteiger charge is 2.32. The highest BCUT2D eigenvalue weighted by atomic mass is 35.5. The van der Waals surface area contributed by atoms with Crippen molar-refractivity contribution in [1.29, 1.82) is 0 Å². The van der Waals surface area contributed by atoms with E-state index < -0.39 is 21.9 Å². The molecule has 8 heteroatoms. The SMILES string of the molecule is O=S(=O)(O)CCC(c1cccc(Cl)n1)N1c2ccccc2Oc2ccccc21. The second kappa shape index (κ2) is 7.43. The number of para-hydroxylation sites is 4. The molecule has 144 valence electrons. The molecule has 0 spiro atoms. The summed E-state index contributed by atoms with van der Waals surface area (Å²) in [6.07, 6.45) is 0.120. The van der Waals surface area contributed by atoms with E-state index in [-0.39, 0.29) is 6.42 Å². The minimum Gasteiger partial charge on any atom is -0.453 e. The monoisotopic (exact) mass is 416 g/mol. The maximum Gasteiger partial charge on any atom is 0.264 e. The van der Waals surface area contributed by atoms with E-state index in [0.29, 0.717) is 22.3 Å². The first kappa shape index (κ1) is 18.7. The quantitative estimate of drug-likeness (QED) is 0.465. The van der Waals surface area contributed by atoms with Crippen LogP contribution >= 0.6 is 11.6 Å². The van der Waals surface area contributed by atoms with Crippen LogP contribution in [0.5, 0.6) is 11.5 Å². The van der Waals surface area contributed by atoms with E-state index in [1.807, 2.05) is 53.4 Å². The predicted octanol–water partition coefficient (Wildman–Crippen LogP) is 5.00. The average Bonchev–Trinajstić information content (AvgIpc) is 2.66. The number of rotatable bonds is 5. The average molecular weight is 417 g/mol. The zero-order chi connectivity index (χ0) is 19.7. The van der Waals surface area contributed by atoms with Gasteiger partial charge in [-0.1, -0.05) is 41.9 Å². The molecule has 4 rings (SSSR count). The maximum atomic E-state index is 11.5.